The van der Waals surface area contributed by atoms with Crippen molar-refractivity contribution in [3.8, 4) is 0 Å². The molecule has 2 N–H and O–H groups in total. The number of ether oxygens (including phenoxy) is 1. The number of hydrogen-bond acceptors (Lipinski definition) is 11. The summed E-state index contributed by atoms with van der Waals surface area (Å²) in [5.74, 6) is -1.51. The molecule has 2 aromatic carbocycles. The Morgan fingerprint density at radius 2 is 1.67 bits per heavy atom. The first-order valence-corrected chi connectivity index (χ1v) is 18.0. The number of nitrogens with zero attached hydrogens (tertiary/aromatic N) is 4. The maximum absolute atomic E-state index is 13.1. The van der Waals surface area contributed by atoms with Gasteiger partial charge in [-0.25, -0.2) is 0 Å². The van der Waals surface area contributed by atoms with Crippen molar-refractivity contribution in [2.45, 2.75) is 63.5 Å². The molecule has 6 rings (SSSR count). The van der Waals surface area contributed by atoms with Gasteiger partial charge in [0.15, 0.2) is 11.6 Å². The lowest BCUT2D eigenvalue weighted by Gasteiger charge is -2.34. The number of esters is 1. The highest BCUT2D eigenvalue weighted by atomic mass is 16.5. The van der Waals surface area contributed by atoms with E-state index in [1.54, 1.807) is 18.2 Å². The Balaban J connectivity index is 0.850. The molecular weight excluding hydrogens is 666 g/mol. The highest BCUT2D eigenvalue weighted by molar-refractivity contribution is 6.14. The SMILES string of the molecule is O=C1CCC(N2Cc3c(NC(=O)CCC(=O)OCCN4CCN(CCN=CC5=C(O)CC(c6ccccc6)CC5=O)CC4)cccc3C2=O)C(=O)C1. The number of aliphatic hydroxyl groups is 1. The van der Waals surface area contributed by atoms with Gasteiger partial charge in [0.05, 0.1) is 31.0 Å². The van der Waals surface area contributed by atoms with Crippen LogP contribution in [0.4, 0.5) is 5.69 Å². The Bertz CT molecular complexity index is 1760. The molecule has 52 heavy (non-hydrogen) atoms. The van der Waals surface area contributed by atoms with E-state index in [-0.39, 0.29) is 79.7 Å². The molecule has 13 nitrogen and oxygen atoms in total. The monoisotopic (exact) mass is 711 g/mol. The molecule has 2 heterocycles. The Morgan fingerprint density at radius 1 is 0.923 bits per heavy atom. The molecule has 2 unspecified atom stereocenters. The molecule has 0 aromatic heterocycles. The standard InChI is InChI=1S/C39H45N5O8/c45-28-9-10-33(36(48)23-28)44-25-31-29(39(44)51)7-4-8-32(31)41-37(49)11-12-38(50)52-20-19-43-17-15-42(16-18-43)14-13-40-24-30-34(46)21-27(22-35(30)47)26-5-2-1-3-6-26/h1-8,24,27,33,46H,9-23,25H2,(H,41,49). The predicted octanol–water partition coefficient (Wildman–Crippen LogP) is 3.24. The summed E-state index contributed by atoms with van der Waals surface area (Å²) < 4.78 is 5.39. The lowest BCUT2D eigenvalue weighted by molar-refractivity contribution is -0.145. The fourth-order valence-corrected chi connectivity index (χ4v) is 7.31. The molecule has 1 saturated carbocycles. The van der Waals surface area contributed by atoms with Gasteiger partial charge in [-0.3, -0.25) is 43.6 Å². The smallest absolute Gasteiger partial charge is 0.306 e. The molecule has 2 atom stereocenters. The van der Waals surface area contributed by atoms with Crippen molar-refractivity contribution < 1.29 is 38.6 Å². The quantitative estimate of drug-likeness (QED) is 0.179. The summed E-state index contributed by atoms with van der Waals surface area (Å²) >= 11 is 0. The van der Waals surface area contributed by atoms with Crippen molar-refractivity contribution in [1.82, 2.24) is 14.7 Å². The van der Waals surface area contributed by atoms with E-state index in [0.29, 0.717) is 54.7 Å². The number of amides is 2. The number of nitrogens with one attached hydrogen (secondary N) is 1. The van der Waals surface area contributed by atoms with Gasteiger partial charge in [0.2, 0.25) is 5.91 Å². The van der Waals surface area contributed by atoms with Crippen molar-refractivity contribution in [2.24, 2.45) is 4.99 Å². The van der Waals surface area contributed by atoms with Crippen LogP contribution in [0.15, 0.2) is 64.9 Å². The van der Waals surface area contributed by atoms with Crippen LogP contribution in [-0.2, 0) is 35.3 Å². The summed E-state index contributed by atoms with van der Waals surface area (Å²) in [6, 6.07) is 14.1. The number of fused-ring (bicyclic) bond motifs is 1. The number of piperazine rings is 1. The van der Waals surface area contributed by atoms with Crippen LogP contribution in [0, 0.1) is 0 Å². The van der Waals surface area contributed by atoms with Gasteiger partial charge in [-0.1, -0.05) is 36.4 Å². The minimum absolute atomic E-state index is 0.0147. The normalized spacial score (nSPS) is 21.6. The molecule has 2 aliphatic heterocycles. The zero-order valence-electron chi connectivity index (χ0n) is 29.3. The molecular formula is C39H45N5O8. The largest absolute Gasteiger partial charge is 0.511 e. The summed E-state index contributed by atoms with van der Waals surface area (Å²) in [6.45, 7) is 5.51. The Hall–Kier alpha value is -5.01. The van der Waals surface area contributed by atoms with Crippen molar-refractivity contribution >= 4 is 47.0 Å². The average molecular weight is 712 g/mol. The number of ketones is 3. The highest BCUT2D eigenvalue weighted by Gasteiger charge is 2.40. The fraction of sp³-hybridized carbons (Fsp3) is 0.462. The van der Waals surface area contributed by atoms with Crippen molar-refractivity contribution in [3.63, 3.8) is 0 Å². The molecule has 2 aliphatic carbocycles. The first-order valence-electron chi connectivity index (χ1n) is 18.0. The molecule has 2 fully saturated rings. The topological polar surface area (TPSA) is 166 Å². The van der Waals surface area contributed by atoms with Crippen LogP contribution in [-0.4, -0.2) is 120 Å². The van der Waals surface area contributed by atoms with Gasteiger partial charge >= 0.3 is 5.97 Å². The van der Waals surface area contributed by atoms with Gasteiger partial charge < -0.3 is 20.1 Å². The van der Waals surface area contributed by atoms with E-state index in [2.05, 4.69) is 20.1 Å². The summed E-state index contributed by atoms with van der Waals surface area (Å²) in [6.07, 6.45) is 2.55. The van der Waals surface area contributed by atoms with E-state index < -0.39 is 12.0 Å². The average Bonchev–Trinajstić information content (AvgIpc) is 3.47. The molecule has 0 spiro atoms. The summed E-state index contributed by atoms with van der Waals surface area (Å²) in [5.41, 5.74) is 2.86. The van der Waals surface area contributed by atoms with Crippen molar-refractivity contribution in [2.75, 3.05) is 57.7 Å². The Labute approximate surface area is 302 Å². The second-order valence-electron chi connectivity index (χ2n) is 13.8. The van der Waals surface area contributed by atoms with E-state index in [4.69, 9.17) is 4.74 Å². The summed E-state index contributed by atoms with van der Waals surface area (Å²) in [7, 11) is 0. The third-order valence-electron chi connectivity index (χ3n) is 10.3. The van der Waals surface area contributed by atoms with E-state index in [0.717, 1.165) is 38.3 Å². The molecule has 2 amide bonds. The van der Waals surface area contributed by atoms with Gasteiger partial charge in [-0.05, 0) is 30.0 Å². The number of carbonyl (C=O) groups excluding carboxylic acids is 6. The van der Waals surface area contributed by atoms with E-state index >= 15 is 0 Å². The maximum Gasteiger partial charge on any atom is 0.306 e. The van der Waals surface area contributed by atoms with E-state index in [1.807, 2.05) is 30.3 Å². The number of Topliss-reactive ketones (excluding diaryl/α,β-unsaturated/α-hetero) is 3. The van der Waals surface area contributed by atoms with Crippen LogP contribution in [0.3, 0.4) is 0 Å². The number of anilines is 1. The van der Waals surface area contributed by atoms with E-state index in [1.165, 1.54) is 11.1 Å². The highest BCUT2D eigenvalue weighted by Crippen LogP contribution is 2.34. The lowest BCUT2D eigenvalue weighted by atomic mass is 9.83. The van der Waals surface area contributed by atoms with Gasteiger partial charge in [0, 0.05) is 94.5 Å². The Morgan fingerprint density at radius 3 is 2.40 bits per heavy atom. The number of rotatable bonds is 13. The van der Waals surface area contributed by atoms with Gasteiger partial charge in [-0.15, -0.1) is 0 Å². The first-order chi connectivity index (χ1) is 25.2. The number of allylic oxidation sites excluding steroid dienone is 2. The number of aliphatic hydroxyl groups excluding tert-OH is 1. The lowest BCUT2D eigenvalue weighted by Crippen LogP contribution is -2.47. The van der Waals surface area contributed by atoms with Gasteiger partial charge in [-0.2, -0.15) is 0 Å². The third kappa shape index (κ3) is 9.07. The molecule has 0 radical (unpaired) electrons. The number of hydrogen-bond donors (Lipinski definition) is 2. The summed E-state index contributed by atoms with van der Waals surface area (Å²) in [5, 5.41) is 13.3. The number of carbonyl (C=O) groups is 6. The molecule has 1 saturated heterocycles. The number of benzene rings is 2. The maximum atomic E-state index is 13.1. The minimum Gasteiger partial charge on any atom is -0.511 e. The van der Waals surface area contributed by atoms with Crippen LogP contribution >= 0.6 is 0 Å². The predicted molar refractivity (Wildman–Crippen MR) is 192 cm³/mol. The van der Waals surface area contributed by atoms with Gasteiger partial charge in [0.25, 0.3) is 5.91 Å². The summed E-state index contributed by atoms with van der Waals surface area (Å²) in [4.78, 5) is 85.4. The second-order valence-corrected chi connectivity index (χ2v) is 13.8. The van der Waals surface area contributed by atoms with Crippen LogP contribution in [0.1, 0.15) is 72.3 Å². The second kappa shape index (κ2) is 17.0. The first kappa shape index (κ1) is 36.8. The molecule has 274 valence electrons. The van der Waals surface area contributed by atoms with Crippen LogP contribution in [0.5, 0.6) is 0 Å². The fourth-order valence-electron chi connectivity index (χ4n) is 7.31. The third-order valence-corrected chi connectivity index (χ3v) is 10.3. The van der Waals surface area contributed by atoms with E-state index in [9.17, 15) is 33.9 Å². The number of aliphatic imine (C=N–C) groups is 1. The molecule has 2 aromatic rings. The van der Waals surface area contributed by atoms with Crippen LogP contribution < -0.4 is 5.32 Å². The minimum atomic E-state index is -0.644. The molecule has 4 aliphatic rings. The molecule has 0 bridgehead atoms. The Kier molecular flexibility index (Phi) is 12.0. The van der Waals surface area contributed by atoms with Crippen molar-refractivity contribution in [1.29, 1.82) is 0 Å². The van der Waals surface area contributed by atoms with Gasteiger partial charge in [0.1, 0.15) is 18.1 Å². The van der Waals surface area contributed by atoms with Crippen LogP contribution in [0.2, 0.25) is 0 Å². The zero-order chi connectivity index (χ0) is 36.6. The molecule has 13 heteroatoms. The van der Waals surface area contributed by atoms with Crippen molar-refractivity contribution in [3.05, 3.63) is 76.6 Å². The van der Waals surface area contributed by atoms with Crippen LogP contribution in [0.25, 0.3) is 0 Å². The zero-order valence-corrected chi connectivity index (χ0v) is 29.3.